The Morgan fingerprint density at radius 1 is 1.23 bits per heavy atom. The van der Waals surface area contributed by atoms with E-state index in [1.807, 2.05) is 31.2 Å². The van der Waals surface area contributed by atoms with Crippen molar-refractivity contribution in [3.63, 3.8) is 0 Å². The van der Waals surface area contributed by atoms with Crippen LogP contribution in [0.25, 0.3) is 11.4 Å². The zero-order valence-electron chi connectivity index (χ0n) is 14.3. The number of hydrogen-bond donors (Lipinski definition) is 0. The molecule has 7 heteroatoms. The topological polar surface area (TPSA) is 74.5 Å². The van der Waals surface area contributed by atoms with Crippen LogP contribution in [0.15, 0.2) is 53.1 Å². The summed E-state index contributed by atoms with van der Waals surface area (Å²) < 4.78 is 15.8. The van der Waals surface area contributed by atoms with Crippen LogP contribution in [-0.2, 0) is 16.1 Å². The number of carbonyl (C=O) groups excluding carboxylic acids is 1. The number of ether oxygens (including phenoxy) is 2. The van der Waals surface area contributed by atoms with Crippen molar-refractivity contribution in [1.29, 1.82) is 0 Å². The Morgan fingerprint density at radius 2 is 2.00 bits per heavy atom. The third-order valence-electron chi connectivity index (χ3n) is 3.56. The normalized spacial score (nSPS) is 11.8. The molecule has 3 rings (SSSR count). The second-order valence-electron chi connectivity index (χ2n) is 5.70. The minimum Gasteiger partial charge on any atom is -0.479 e. The molecule has 134 valence electrons. The molecule has 0 aliphatic rings. The molecular weight excluding hydrogens is 356 g/mol. The SMILES string of the molecule is Cc1ccc(-c2noc(COC(=O)C(C)Oc3cccc(Cl)c3)n2)cc1. The molecule has 3 aromatic rings. The van der Waals surface area contributed by atoms with Crippen molar-refractivity contribution in [1.82, 2.24) is 10.1 Å². The van der Waals surface area contributed by atoms with Gasteiger partial charge in [0.1, 0.15) is 5.75 Å². The molecule has 0 aliphatic heterocycles. The summed E-state index contributed by atoms with van der Waals surface area (Å²) in [7, 11) is 0. The lowest BCUT2D eigenvalue weighted by Crippen LogP contribution is -2.26. The summed E-state index contributed by atoms with van der Waals surface area (Å²) in [5.41, 5.74) is 1.97. The van der Waals surface area contributed by atoms with E-state index in [1.54, 1.807) is 31.2 Å². The Hall–Kier alpha value is -2.86. The van der Waals surface area contributed by atoms with Gasteiger partial charge in [0, 0.05) is 10.6 Å². The first-order chi connectivity index (χ1) is 12.5. The fourth-order valence-electron chi connectivity index (χ4n) is 2.18. The number of hydrogen-bond acceptors (Lipinski definition) is 6. The van der Waals surface area contributed by atoms with Gasteiger partial charge in [0.15, 0.2) is 12.7 Å². The van der Waals surface area contributed by atoms with Crippen LogP contribution in [0.3, 0.4) is 0 Å². The number of esters is 1. The lowest BCUT2D eigenvalue weighted by molar-refractivity contribution is -0.153. The zero-order valence-corrected chi connectivity index (χ0v) is 15.1. The number of rotatable bonds is 6. The zero-order chi connectivity index (χ0) is 18.5. The van der Waals surface area contributed by atoms with E-state index in [4.69, 9.17) is 25.6 Å². The molecule has 0 saturated heterocycles. The Kier molecular flexibility index (Phi) is 5.53. The highest BCUT2D eigenvalue weighted by Crippen LogP contribution is 2.19. The molecule has 0 spiro atoms. The molecule has 0 fully saturated rings. The number of benzene rings is 2. The van der Waals surface area contributed by atoms with E-state index >= 15 is 0 Å². The highest BCUT2D eigenvalue weighted by Gasteiger charge is 2.18. The van der Waals surface area contributed by atoms with E-state index in [9.17, 15) is 4.79 Å². The molecule has 6 nitrogen and oxygen atoms in total. The number of nitrogens with zero attached hydrogens (tertiary/aromatic N) is 2. The number of carbonyl (C=O) groups is 1. The van der Waals surface area contributed by atoms with Crippen LogP contribution in [0.5, 0.6) is 5.75 Å². The van der Waals surface area contributed by atoms with E-state index in [0.29, 0.717) is 16.6 Å². The van der Waals surface area contributed by atoms with Gasteiger partial charge in [-0.2, -0.15) is 4.98 Å². The Bertz CT molecular complexity index is 893. The smallest absolute Gasteiger partial charge is 0.347 e. The summed E-state index contributed by atoms with van der Waals surface area (Å²) in [6, 6.07) is 14.5. The van der Waals surface area contributed by atoms with Gasteiger partial charge in [-0.05, 0) is 32.0 Å². The van der Waals surface area contributed by atoms with Crippen molar-refractivity contribution < 1.29 is 18.8 Å². The molecule has 1 atom stereocenters. The van der Waals surface area contributed by atoms with E-state index < -0.39 is 12.1 Å². The van der Waals surface area contributed by atoms with Crippen LogP contribution >= 0.6 is 11.6 Å². The van der Waals surface area contributed by atoms with Gasteiger partial charge in [-0.15, -0.1) is 0 Å². The third-order valence-corrected chi connectivity index (χ3v) is 3.79. The van der Waals surface area contributed by atoms with Crippen molar-refractivity contribution >= 4 is 17.6 Å². The number of halogens is 1. The quantitative estimate of drug-likeness (QED) is 0.603. The molecule has 1 unspecified atom stereocenters. The van der Waals surface area contributed by atoms with Crippen LogP contribution < -0.4 is 4.74 Å². The highest BCUT2D eigenvalue weighted by molar-refractivity contribution is 6.30. The number of aryl methyl sites for hydroxylation is 1. The minimum absolute atomic E-state index is 0.124. The standard InChI is InChI=1S/C19H17ClN2O4/c1-12-6-8-14(9-7-12)18-21-17(26-22-18)11-24-19(23)13(2)25-16-5-3-4-15(20)10-16/h3-10,13H,11H2,1-2H3. The summed E-state index contributed by atoms with van der Waals surface area (Å²) in [6.45, 7) is 3.47. The molecule has 1 aromatic heterocycles. The largest absolute Gasteiger partial charge is 0.479 e. The minimum atomic E-state index is -0.798. The van der Waals surface area contributed by atoms with E-state index in [2.05, 4.69) is 10.1 Å². The maximum atomic E-state index is 12.0. The van der Waals surface area contributed by atoms with Gasteiger partial charge in [-0.25, -0.2) is 4.79 Å². The predicted molar refractivity (Wildman–Crippen MR) is 95.8 cm³/mol. The van der Waals surface area contributed by atoms with E-state index in [-0.39, 0.29) is 12.5 Å². The first kappa shape index (κ1) is 17.9. The van der Waals surface area contributed by atoms with Crippen molar-refractivity contribution in [2.24, 2.45) is 0 Å². The van der Waals surface area contributed by atoms with Gasteiger partial charge >= 0.3 is 5.97 Å². The number of aromatic nitrogens is 2. The maximum Gasteiger partial charge on any atom is 0.347 e. The molecule has 0 bridgehead atoms. The van der Waals surface area contributed by atoms with Gasteiger partial charge in [0.05, 0.1) is 0 Å². The lowest BCUT2D eigenvalue weighted by Gasteiger charge is -2.13. The molecule has 0 amide bonds. The van der Waals surface area contributed by atoms with E-state index in [1.165, 1.54) is 0 Å². The van der Waals surface area contributed by atoms with Crippen molar-refractivity contribution in [3.05, 3.63) is 65.0 Å². The van der Waals surface area contributed by atoms with Crippen LogP contribution in [0, 0.1) is 6.92 Å². The average Bonchev–Trinajstić information content (AvgIpc) is 3.09. The Labute approximate surface area is 155 Å². The van der Waals surface area contributed by atoms with E-state index in [0.717, 1.165) is 11.1 Å². The second-order valence-corrected chi connectivity index (χ2v) is 6.14. The Morgan fingerprint density at radius 3 is 2.73 bits per heavy atom. The highest BCUT2D eigenvalue weighted by atomic mass is 35.5. The molecule has 0 saturated carbocycles. The molecular formula is C19H17ClN2O4. The molecule has 1 heterocycles. The molecule has 26 heavy (non-hydrogen) atoms. The van der Waals surface area contributed by atoms with Gasteiger partial charge < -0.3 is 14.0 Å². The van der Waals surface area contributed by atoms with Crippen LogP contribution in [0.4, 0.5) is 0 Å². The van der Waals surface area contributed by atoms with Gasteiger partial charge in [0.2, 0.25) is 5.82 Å². The third kappa shape index (κ3) is 4.61. The van der Waals surface area contributed by atoms with Crippen molar-refractivity contribution in [2.45, 2.75) is 26.6 Å². The molecule has 2 aromatic carbocycles. The Balaban J connectivity index is 1.55. The molecule has 0 aliphatic carbocycles. The monoisotopic (exact) mass is 372 g/mol. The maximum absolute atomic E-state index is 12.0. The summed E-state index contributed by atoms with van der Waals surface area (Å²) >= 11 is 5.89. The fraction of sp³-hybridized carbons (Fsp3) is 0.211. The summed E-state index contributed by atoms with van der Waals surface area (Å²) in [5, 5.41) is 4.42. The van der Waals surface area contributed by atoms with Gasteiger partial charge in [-0.3, -0.25) is 0 Å². The van der Waals surface area contributed by atoms with Crippen molar-refractivity contribution in [2.75, 3.05) is 0 Å². The van der Waals surface area contributed by atoms with Crippen LogP contribution in [0.2, 0.25) is 5.02 Å². The summed E-state index contributed by atoms with van der Waals surface area (Å²) in [4.78, 5) is 16.3. The fourth-order valence-corrected chi connectivity index (χ4v) is 2.36. The second kappa shape index (κ2) is 8.01. The van der Waals surface area contributed by atoms with Gasteiger partial charge in [-0.1, -0.05) is 52.7 Å². The van der Waals surface area contributed by atoms with Crippen LogP contribution in [-0.4, -0.2) is 22.2 Å². The lowest BCUT2D eigenvalue weighted by atomic mass is 10.1. The first-order valence-electron chi connectivity index (χ1n) is 8.00. The average molecular weight is 373 g/mol. The molecule has 0 radical (unpaired) electrons. The molecule has 0 N–H and O–H groups in total. The van der Waals surface area contributed by atoms with Gasteiger partial charge in [0.25, 0.3) is 5.89 Å². The first-order valence-corrected chi connectivity index (χ1v) is 8.37. The van der Waals surface area contributed by atoms with Crippen molar-refractivity contribution in [3.8, 4) is 17.1 Å². The summed E-state index contributed by atoms with van der Waals surface area (Å²) in [5.74, 6) is 0.601. The predicted octanol–water partition coefficient (Wildman–Crippen LogP) is 4.21. The summed E-state index contributed by atoms with van der Waals surface area (Å²) in [6.07, 6.45) is -0.798. The van der Waals surface area contributed by atoms with Crippen LogP contribution in [0.1, 0.15) is 18.4 Å².